The van der Waals surface area contributed by atoms with E-state index in [1.807, 2.05) is 6.92 Å². The van der Waals surface area contributed by atoms with Crippen LogP contribution < -0.4 is 5.32 Å². The Morgan fingerprint density at radius 1 is 1.17 bits per heavy atom. The van der Waals surface area contributed by atoms with Gasteiger partial charge in [0.05, 0.1) is 11.1 Å². The number of carboxylic acid groups (broad SMARTS) is 1. The molecule has 3 amide bonds. The average Bonchev–Trinajstić information content (AvgIpc) is 2.79. The van der Waals surface area contributed by atoms with Crippen molar-refractivity contribution in [2.45, 2.75) is 38.6 Å². The van der Waals surface area contributed by atoms with Crippen LogP contribution in [0.25, 0.3) is 0 Å². The zero-order chi connectivity index (χ0) is 17.7. The Hall–Kier alpha value is -2.70. The van der Waals surface area contributed by atoms with Gasteiger partial charge in [0.1, 0.15) is 6.04 Å². The second kappa shape index (κ2) is 7.72. The monoisotopic (exact) mass is 332 g/mol. The topological polar surface area (TPSA) is 104 Å². The number of benzene rings is 1. The van der Waals surface area contributed by atoms with E-state index in [-0.39, 0.29) is 31.2 Å². The summed E-state index contributed by atoms with van der Waals surface area (Å²) in [6.45, 7) is 1.97. The summed E-state index contributed by atoms with van der Waals surface area (Å²) in [6.07, 6.45) is 1.35. The number of carbonyl (C=O) groups excluding carboxylic acids is 3. The molecule has 1 unspecified atom stereocenters. The van der Waals surface area contributed by atoms with Gasteiger partial charge in [-0.2, -0.15) is 0 Å². The van der Waals surface area contributed by atoms with Crippen molar-refractivity contribution in [3.63, 3.8) is 0 Å². The fourth-order valence-corrected chi connectivity index (χ4v) is 2.65. The van der Waals surface area contributed by atoms with Gasteiger partial charge in [-0.25, -0.2) is 4.79 Å². The van der Waals surface area contributed by atoms with Crippen molar-refractivity contribution >= 4 is 23.7 Å². The first kappa shape index (κ1) is 17.7. The van der Waals surface area contributed by atoms with E-state index in [1.54, 1.807) is 24.3 Å². The number of nitrogens with zero attached hydrogens (tertiary/aromatic N) is 1. The number of aliphatic carboxylic acids is 1. The van der Waals surface area contributed by atoms with E-state index in [0.29, 0.717) is 24.0 Å². The van der Waals surface area contributed by atoms with Gasteiger partial charge in [0.2, 0.25) is 5.91 Å². The number of fused-ring (bicyclic) bond motifs is 1. The number of carboxylic acids is 1. The first-order chi connectivity index (χ1) is 11.5. The Kier molecular flexibility index (Phi) is 5.68. The number of imide groups is 1. The minimum absolute atomic E-state index is 0.0564. The Bertz CT molecular complexity index is 636. The molecule has 7 nitrogen and oxygen atoms in total. The minimum atomic E-state index is -1.06. The molecule has 0 aromatic heterocycles. The molecule has 0 fully saturated rings. The maximum Gasteiger partial charge on any atom is 0.326 e. The van der Waals surface area contributed by atoms with Crippen LogP contribution in [0.4, 0.5) is 0 Å². The highest BCUT2D eigenvalue weighted by molar-refractivity contribution is 6.21. The van der Waals surface area contributed by atoms with Crippen molar-refractivity contribution in [3.05, 3.63) is 35.4 Å². The molecule has 0 spiro atoms. The van der Waals surface area contributed by atoms with Gasteiger partial charge in [0.25, 0.3) is 11.8 Å². The molecule has 1 aliphatic rings. The molecule has 2 rings (SSSR count). The van der Waals surface area contributed by atoms with E-state index < -0.39 is 17.9 Å². The molecule has 2 N–H and O–H groups in total. The summed E-state index contributed by atoms with van der Waals surface area (Å²) in [5.74, 6) is -2.17. The lowest BCUT2D eigenvalue weighted by atomic mass is 10.1. The average molecular weight is 332 g/mol. The van der Waals surface area contributed by atoms with E-state index in [4.69, 9.17) is 5.11 Å². The summed E-state index contributed by atoms with van der Waals surface area (Å²) in [6, 6.07) is 5.69. The fourth-order valence-electron chi connectivity index (χ4n) is 2.65. The summed E-state index contributed by atoms with van der Waals surface area (Å²) in [5, 5.41) is 11.5. The predicted molar refractivity (Wildman–Crippen MR) is 85.5 cm³/mol. The molecule has 128 valence electrons. The minimum Gasteiger partial charge on any atom is -0.480 e. The maximum absolute atomic E-state index is 12.2. The SMILES string of the molecule is CCCC(NC(=O)CCCN1C(=O)c2ccccc2C1=O)C(=O)O. The molecule has 1 atom stereocenters. The number of carbonyl (C=O) groups is 4. The van der Waals surface area contributed by atoms with Gasteiger partial charge in [0.15, 0.2) is 0 Å². The first-order valence-corrected chi connectivity index (χ1v) is 7.93. The second-order valence-corrected chi connectivity index (χ2v) is 5.66. The molecule has 1 heterocycles. The molecule has 0 saturated carbocycles. The van der Waals surface area contributed by atoms with Crippen LogP contribution in [-0.2, 0) is 9.59 Å². The smallest absolute Gasteiger partial charge is 0.326 e. The van der Waals surface area contributed by atoms with Gasteiger partial charge in [-0.15, -0.1) is 0 Å². The quantitative estimate of drug-likeness (QED) is 0.701. The van der Waals surface area contributed by atoms with Crippen LogP contribution in [0.3, 0.4) is 0 Å². The summed E-state index contributed by atoms with van der Waals surface area (Å²) < 4.78 is 0. The third-order valence-corrected chi connectivity index (χ3v) is 3.87. The summed E-state index contributed by atoms with van der Waals surface area (Å²) in [5.41, 5.74) is 0.752. The van der Waals surface area contributed by atoms with Crippen molar-refractivity contribution in [2.24, 2.45) is 0 Å². The number of nitrogens with one attached hydrogen (secondary N) is 1. The van der Waals surface area contributed by atoms with Gasteiger partial charge in [-0.05, 0) is 25.0 Å². The van der Waals surface area contributed by atoms with Gasteiger partial charge in [-0.3, -0.25) is 19.3 Å². The standard InChI is InChI=1S/C17H20N2O5/c1-2-6-13(17(23)24)18-14(20)9-5-10-19-15(21)11-7-3-4-8-12(11)16(19)22/h3-4,7-8,13H,2,5-6,9-10H2,1H3,(H,18,20)(H,23,24). The van der Waals surface area contributed by atoms with Gasteiger partial charge in [-0.1, -0.05) is 25.5 Å². The van der Waals surface area contributed by atoms with Gasteiger partial charge < -0.3 is 10.4 Å². The zero-order valence-corrected chi connectivity index (χ0v) is 13.4. The Morgan fingerprint density at radius 2 is 1.75 bits per heavy atom. The first-order valence-electron chi connectivity index (χ1n) is 7.93. The summed E-state index contributed by atoms with van der Waals surface area (Å²) >= 11 is 0. The lowest BCUT2D eigenvalue weighted by Crippen LogP contribution is -2.41. The van der Waals surface area contributed by atoms with Crippen molar-refractivity contribution in [3.8, 4) is 0 Å². The molecule has 0 aliphatic carbocycles. The number of amides is 3. The summed E-state index contributed by atoms with van der Waals surface area (Å²) in [7, 11) is 0. The highest BCUT2D eigenvalue weighted by atomic mass is 16.4. The van der Waals surface area contributed by atoms with E-state index in [0.717, 1.165) is 4.90 Å². The highest BCUT2D eigenvalue weighted by Gasteiger charge is 2.34. The lowest BCUT2D eigenvalue weighted by Gasteiger charge is -2.15. The fraction of sp³-hybridized carbons (Fsp3) is 0.412. The van der Waals surface area contributed by atoms with Gasteiger partial charge >= 0.3 is 5.97 Å². The molecule has 0 saturated heterocycles. The Labute approximate surface area is 139 Å². The van der Waals surface area contributed by atoms with Crippen molar-refractivity contribution in [2.75, 3.05) is 6.54 Å². The second-order valence-electron chi connectivity index (χ2n) is 5.66. The van der Waals surface area contributed by atoms with Crippen LogP contribution in [0.15, 0.2) is 24.3 Å². The third kappa shape index (κ3) is 3.79. The summed E-state index contributed by atoms with van der Waals surface area (Å²) in [4.78, 5) is 48.3. The normalized spacial score (nSPS) is 14.5. The largest absolute Gasteiger partial charge is 0.480 e. The molecule has 24 heavy (non-hydrogen) atoms. The van der Waals surface area contributed by atoms with Crippen LogP contribution in [0.5, 0.6) is 0 Å². The number of rotatable bonds is 8. The Balaban J connectivity index is 1.85. The zero-order valence-electron chi connectivity index (χ0n) is 13.4. The van der Waals surface area contributed by atoms with E-state index in [1.165, 1.54) is 0 Å². The Morgan fingerprint density at radius 3 is 2.25 bits per heavy atom. The molecule has 0 radical (unpaired) electrons. The lowest BCUT2D eigenvalue weighted by molar-refractivity contribution is -0.142. The van der Waals surface area contributed by atoms with E-state index in [9.17, 15) is 19.2 Å². The third-order valence-electron chi connectivity index (χ3n) is 3.87. The van der Waals surface area contributed by atoms with E-state index in [2.05, 4.69) is 5.32 Å². The molecular weight excluding hydrogens is 312 g/mol. The molecule has 1 aromatic carbocycles. The van der Waals surface area contributed by atoms with Crippen LogP contribution in [0, 0.1) is 0 Å². The van der Waals surface area contributed by atoms with E-state index >= 15 is 0 Å². The maximum atomic E-state index is 12.2. The molecular formula is C17H20N2O5. The van der Waals surface area contributed by atoms with Crippen LogP contribution in [-0.4, -0.2) is 46.3 Å². The van der Waals surface area contributed by atoms with Gasteiger partial charge in [0, 0.05) is 13.0 Å². The van der Waals surface area contributed by atoms with Crippen LogP contribution in [0.1, 0.15) is 53.3 Å². The molecule has 1 aliphatic heterocycles. The van der Waals surface area contributed by atoms with Crippen molar-refractivity contribution in [1.29, 1.82) is 0 Å². The molecule has 0 bridgehead atoms. The predicted octanol–water partition coefficient (Wildman–Crippen LogP) is 1.43. The number of hydrogen-bond donors (Lipinski definition) is 2. The highest BCUT2D eigenvalue weighted by Crippen LogP contribution is 2.22. The molecule has 1 aromatic rings. The van der Waals surface area contributed by atoms with Crippen LogP contribution in [0.2, 0.25) is 0 Å². The van der Waals surface area contributed by atoms with Crippen LogP contribution >= 0.6 is 0 Å². The van der Waals surface area contributed by atoms with Crippen molar-refractivity contribution in [1.82, 2.24) is 10.2 Å². The molecule has 7 heteroatoms. The van der Waals surface area contributed by atoms with Crippen molar-refractivity contribution < 1.29 is 24.3 Å². The number of hydrogen-bond acceptors (Lipinski definition) is 4.